The predicted molar refractivity (Wildman–Crippen MR) is 130 cm³/mol. The van der Waals surface area contributed by atoms with Gasteiger partial charge in [-0.3, -0.25) is 8.97 Å². The summed E-state index contributed by atoms with van der Waals surface area (Å²) in [6.45, 7) is 3.66. The first-order valence-corrected chi connectivity index (χ1v) is 10.8. The van der Waals surface area contributed by atoms with E-state index in [2.05, 4.69) is 63.6 Å². The average Bonchev–Trinajstić information content (AvgIpc) is 3.33. The number of para-hydroxylation sites is 3. The number of hydrogen-bond acceptors (Lipinski definition) is 2. The summed E-state index contributed by atoms with van der Waals surface area (Å²) < 4.78 is 4.44. The van der Waals surface area contributed by atoms with Gasteiger partial charge in [0.1, 0.15) is 0 Å². The zero-order valence-corrected chi connectivity index (χ0v) is 18.0. The Balaban J connectivity index is 1.72. The monoisotopic (exact) mass is 417 g/mol. The number of rotatable bonds is 3. The third kappa shape index (κ3) is 2.77. The topological polar surface area (TPSA) is 42.5 Å². The van der Waals surface area contributed by atoms with Gasteiger partial charge in [-0.25, -0.2) is 4.98 Å². The third-order valence-electron chi connectivity index (χ3n) is 6.11. The molecule has 0 aliphatic heterocycles. The molecule has 4 nitrogen and oxygen atoms in total. The summed E-state index contributed by atoms with van der Waals surface area (Å²) >= 11 is 0. The molecule has 1 N–H and O–H groups in total. The lowest BCUT2D eigenvalue weighted by Gasteiger charge is -2.21. The van der Waals surface area contributed by atoms with Crippen molar-refractivity contribution in [2.24, 2.45) is 0 Å². The molecule has 4 aromatic carbocycles. The van der Waals surface area contributed by atoms with Crippen LogP contribution in [-0.2, 0) is 5.60 Å². The summed E-state index contributed by atoms with van der Waals surface area (Å²) in [5.41, 5.74) is 7.38. The van der Waals surface area contributed by atoms with Crippen LogP contribution in [0.4, 0.5) is 0 Å². The van der Waals surface area contributed by atoms with E-state index in [1.807, 2.05) is 56.3 Å². The molecular weight excluding hydrogens is 394 g/mol. The Morgan fingerprint density at radius 1 is 0.719 bits per heavy atom. The second-order valence-electron chi connectivity index (χ2n) is 8.71. The lowest BCUT2D eigenvalue weighted by atomic mass is 9.89. The van der Waals surface area contributed by atoms with Gasteiger partial charge in [-0.1, -0.05) is 60.7 Å². The molecular formula is C28H23N3O. The fourth-order valence-electron chi connectivity index (χ4n) is 4.67. The van der Waals surface area contributed by atoms with E-state index in [9.17, 15) is 5.11 Å². The van der Waals surface area contributed by atoms with E-state index in [0.29, 0.717) is 0 Å². The molecule has 0 saturated heterocycles. The van der Waals surface area contributed by atoms with E-state index in [-0.39, 0.29) is 0 Å². The first-order chi connectivity index (χ1) is 15.5. The average molecular weight is 418 g/mol. The molecule has 0 fully saturated rings. The second kappa shape index (κ2) is 6.81. The molecule has 156 valence electrons. The molecule has 32 heavy (non-hydrogen) atoms. The zero-order valence-electron chi connectivity index (χ0n) is 18.0. The fraction of sp³-hybridized carbons (Fsp3) is 0.107. The number of fused-ring (bicyclic) bond motifs is 5. The van der Waals surface area contributed by atoms with Gasteiger partial charge in [-0.15, -0.1) is 0 Å². The van der Waals surface area contributed by atoms with Gasteiger partial charge in [-0.2, -0.15) is 0 Å². The minimum absolute atomic E-state index is 0.889. The second-order valence-corrected chi connectivity index (χ2v) is 8.71. The quantitative estimate of drug-likeness (QED) is 0.366. The molecule has 0 aliphatic carbocycles. The van der Waals surface area contributed by atoms with Crippen LogP contribution in [0.5, 0.6) is 0 Å². The van der Waals surface area contributed by atoms with Crippen LogP contribution in [-0.4, -0.2) is 19.1 Å². The van der Waals surface area contributed by atoms with Crippen LogP contribution in [0.2, 0.25) is 0 Å². The molecule has 0 aliphatic rings. The van der Waals surface area contributed by atoms with Crippen LogP contribution in [0.1, 0.15) is 19.4 Å². The number of benzene rings is 4. The number of aromatic nitrogens is 3. The van der Waals surface area contributed by atoms with E-state index >= 15 is 0 Å². The Bertz CT molecular complexity index is 1600. The summed E-state index contributed by atoms with van der Waals surface area (Å²) in [5, 5.41) is 10.8. The number of imidazole rings is 2. The van der Waals surface area contributed by atoms with E-state index in [1.165, 1.54) is 0 Å². The highest BCUT2D eigenvalue weighted by atomic mass is 16.3. The van der Waals surface area contributed by atoms with Crippen LogP contribution in [0.15, 0.2) is 97.1 Å². The SMILES string of the molecule is CC(C)(O)c1ccccc1-c1ccc2c(c1)n1c3ccccc3nc1n2-c1ccccc1. The molecule has 0 unspecified atom stereocenters. The van der Waals surface area contributed by atoms with Gasteiger partial charge < -0.3 is 5.11 Å². The first-order valence-electron chi connectivity index (χ1n) is 10.8. The first kappa shape index (κ1) is 18.8. The molecule has 0 atom stereocenters. The highest BCUT2D eigenvalue weighted by Gasteiger charge is 2.22. The van der Waals surface area contributed by atoms with Gasteiger partial charge in [0.2, 0.25) is 5.78 Å². The minimum atomic E-state index is -0.932. The van der Waals surface area contributed by atoms with E-state index in [4.69, 9.17) is 4.98 Å². The predicted octanol–water partition coefficient (Wildman–Crippen LogP) is 6.33. The molecule has 0 radical (unpaired) electrons. The fourth-order valence-corrected chi connectivity index (χ4v) is 4.67. The molecule has 6 rings (SSSR count). The van der Waals surface area contributed by atoms with Crippen molar-refractivity contribution in [1.82, 2.24) is 14.0 Å². The molecule has 4 heteroatoms. The number of aliphatic hydroxyl groups is 1. The van der Waals surface area contributed by atoms with Crippen molar-refractivity contribution < 1.29 is 5.11 Å². The Labute approximate surface area is 186 Å². The largest absolute Gasteiger partial charge is 0.386 e. The molecule has 2 aromatic heterocycles. The highest BCUT2D eigenvalue weighted by molar-refractivity contribution is 5.94. The van der Waals surface area contributed by atoms with Gasteiger partial charge in [0.05, 0.1) is 27.7 Å². The van der Waals surface area contributed by atoms with Crippen LogP contribution >= 0.6 is 0 Å². The number of nitrogens with zero attached hydrogens (tertiary/aromatic N) is 3. The van der Waals surface area contributed by atoms with Gasteiger partial charge in [-0.05, 0) is 66.9 Å². The summed E-state index contributed by atoms with van der Waals surface area (Å²) in [6.07, 6.45) is 0. The normalized spacial score (nSPS) is 12.2. The smallest absolute Gasteiger partial charge is 0.220 e. The summed E-state index contributed by atoms with van der Waals surface area (Å²) in [6, 6.07) is 33.1. The Hall–Kier alpha value is -3.89. The van der Waals surface area contributed by atoms with Crippen LogP contribution in [0.3, 0.4) is 0 Å². The Morgan fingerprint density at radius 2 is 1.44 bits per heavy atom. The lowest BCUT2D eigenvalue weighted by molar-refractivity contribution is 0.0792. The third-order valence-corrected chi connectivity index (χ3v) is 6.11. The van der Waals surface area contributed by atoms with Crippen molar-refractivity contribution >= 4 is 27.8 Å². The molecule has 6 aromatic rings. The van der Waals surface area contributed by atoms with Crippen molar-refractivity contribution in [3.8, 4) is 16.8 Å². The number of hydrogen-bond donors (Lipinski definition) is 1. The maximum atomic E-state index is 10.8. The summed E-state index contributed by atoms with van der Waals surface area (Å²) in [7, 11) is 0. The van der Waals surface area contributed by atoms with Crippen LogP contribution in [0, 0.1) is 0 Å². The van der Waals surface area contributed by atoms with Crippen LogP contribution < -0.4 is 0 Å². The standard InChI is InChI=1S/C28H23N3O/c1-28(2,32)22-13-7-6-12-21(22)19-16-17-25-26(18-19)31-24-15-9-8-14-23(24)29-27(31)30(25)20-10-4-3-5-11-20/h3-18,32H,1-2H3. The Morgan fingerprint density at radius 3 is 2.25 bits per heavy atom. The van der Waals surface area contributed by atoms with Crippen molar-refractivity contribution in [2.75, 3.05) is 0 Å². The Kier molecular flexibility index (Phi) is 4.01. The van der Waals surface area contributed by atoms with Crippen LogP contribution in [0.25, 0.3) is 44.7 Å². The lowest BCUT2D eigenvalue weighted by Crippen LogP contribution is -2.16. The van der Waals surface area contributed by atoms with E-state index in [1.54, 1.807) is 0 Å². The minimum Gasteiger partial charge on any atom is -0.386 e. The molecule has 0 bridgehead atoms. The van der Waals surface area contributed by atoms with E-state index in [0.717, 1.165) is 50.2 Å². The van der Waals surface area contributed by atoms with Gasteiger partial charge in [0, 0.05) is 5.69 Å². The van der Waals surface area contributed by atoms with Crippen molar-refractivity contribution in [1.29, 1.82) is 0 Å². The highest BCUT2D eigenvalue weighted by Crippen LogP contribution is 2.35. The summed E-state index contributed by atoms with van der Waals surface area (Å²) in [5.74, 6) is 0.889. The van der Waals surface area contributed by atoms with Gasteiger partial charge in [0.15, 0.2) is 0 Å². The summed E-state index contributed by atoms with van der Waals surface area (Å²) in [4.78, 5) is 4.97. The molecule has 0 amide bonds. The van der Waals surface area contributed by atoms with Crippen molar-refractivity contribution in [3.63, 3.8) is 0 Å². The molecule has 0 spiro atoms. The molecule has 2 heterocycles. The maximum absolute atomic E-state index is 10.8. The molecule has 0 saturated carbocycles. The van der Waals surface area contributed by atoms with Crippen molar-refractivity contribution in [3.05, 3.63) is 103 Å². The van der Waals surface area contributed by atoms with Gasteiger partial charge >= 0.3 is 0 Å². The van der Waals surface area contributed by atoms with Gasteiger partial charge in [0.25, 0.3) is 0 Å². The maximum Gasteiger partial charge on any atom is 0.220 e. The van der Waals surface area contributed by atoms with E-state index < -0.39 is 5.60 Å². The van der Waals surface area contributed by atoms with Crippen molar-refractivity contribution in [2.45, 2.75) is 19.4 Å². The zero-order chi connectivity index (χ0) is 21.9.